The lowest BCUT2D eigenvalue weighted by atomic mass is 10.0. The highest BCUT2D eigenvalue weighted by atomic mass is 31.2. The number of nitrogens with zero attached hydrogens (tertiary/aromatic N) is 2. The molecule has 0 bridgehead atoms. The Balaban J connectivity index is 2.20. The monoisotopic (exact) mass is 324 g/mol. The summed E-state index contributed by atoms with van der Waals surface area (Å²) in [6.45, 7) is 9.09. The topological polar surface area (TPSA) is 51.1 Å². The second kappa shape index (κ2) is 6.95. The van der Waals surface area contributed by atoms with E-state index in [2.05, 4.69) is 22.0 Å². The van der Waals surface area contributed by atoms with Gasteiger partial charge in [-0.05, 0) is 33.3 Å². The fourth-order valence-corrected chi connectivity index (χ4v) is 4.88. The summed E-state index contributed by atoms with van der Waals surface area (Å²) in [6.07, 6.45) is 1.77. The summed E-state index contributed by atoms with van der Waals surface area (Å²) in [5, 5.41) is 0. The Hall–Kier alpha value is -1.16. The first-order valence-electron chi connectivity index (χ1n) is 7.66. The average Bonchev–Trinajstić information content (AvgIpc) is 2.76. The normalized spacial score (nSPS) is 20.5. The first-order valence-corrected chi connectivity index (χ1v) is 9.28. The zero-order chi connectivity index (χ0) is 16.2. The van der Waals surface area contributed by atoms with Crippen LogP contribution < -0.4 is 0 Å². The van der Waals surface area contributed by atoms with Crippen molar-refractivity contribution in [1.29, 1.82) is 0 Å². The highest BCUT2D eigenvalue weighted by Gasteiger charge is 2.51. The van der Waals surface area contributed by atoms with Crippen molar-refractivity contribution in [3.05, 3.63) is 35.9 Å². The molecule has 1 aromatic carbocycles. The minimum atomic E-state index is -3.27. The van der Waals surface area contributed by atoms with E-state index < -0.39 is 18.9 Å². The molecule has 0 aromatic heterocycles. The lowest BCUT2D eigenvalue weighted by Crippen LogP contribution is -2.46. The molecule has 0 aliphatic carbocycles. The third-order valence-corrected chi connectivity index (χ3v) is 6.43. The van der Waals surface area contributed by atoms with Gasteiger partial charge < -0.3 is 13.9 Å². The van der Waals surface area contributed by atoms with Gasteiger partial charge in [-0.1, -0.05) is 30.3 Å². The predicted molar refractivity (Wildman–Crippen MR) is 89.2 cm³/mol. The van der Waals surface area contributed by atoms with E-state index in [1.54, 1.807) is 6.34 Å². The quantitative estimate of drug-likeness (QED) is 0.714. The van der Waals surface area contributed by atoms with Crippen molar-refractivity contribution in [2.24, 2.45) is 4.99 Å². The Morgan fingerprint density at radius 2 is 1.77 bits per heavy atom. The summed E-state index contributed by atoms with van der Waals surface area (Å²) in [5.74, 6) is -0.511. The van der Waals surface area contributed by atoms with Crippen LogP contribution in [-0.2, 0) is 20.2 Å². The summed E-state index contributed by atoms with van der Waals surface area (Å²) in [6, 6.07) is 10.2. The fraction of sp³-hybridized carbons (Fsp3) is 0.562. The average molecular weight is 324 g/mol. The molecular formula is C16H25N2O3P. The van der Waals surface area contributed by atoms with Gasteiger partial charge in [-0.15, -0.1) is 0 Å². The summed E-state index contributed by atoms with van der Waals surface area (Å²) >= 11 is 0. The Kier molecular flexibility index (Phi) is 5.43. The molecular weight excluding hydrogens is 299 g/mol. The summed E-state index contributed by atoms with van der Waals surface area (Å²) in [7, 11) is -3.27. The highest BCUT2D eigenvalue weighted by molar-refractivity contribution is 7.54. The van der Waals surface area contributed by atoms with E-state index in [4.69, 9.17) is 9.05 Å². The zero-order valence-corrected chi connectivity index (χ0v) is 14.6. The van der Waals surface area contributed by atoms with Crippen LogP contribution in [0.25, 0.3) is 0 Å². The molecule has 5 nitrogen and oxygen atoms in total. The molecule has 2 rings (SSSR count). The van der Waals surface area contributed by atoms with Crippen molar-refractivity contribution in [1.82, 2.24) is 4.90 Å². The molecule has 1 aromatic rings. The molecule has 6 heteroatoms. The largest absolute Gasteiger partial charge is 0.357 e. The van der Waals surface area contributed by atoms with Crippen molar-refractivity contribution in [2.75, 3.05) is 13.2 Å². The number of aliphatic imine (C=N–C) groups is 1. The molecule has 0 fully saturated rings. The van der Waals surface area contributed by atoms with Crippen molar-refractivity contribution >= 4 is 13.9 Å². The van der Waals surface area contributed by atoms with E-state index in [0.717, 1.165) is 0 Å². The van der Waals surface area contributed by atoms with Crippen LogP contribution in [-0.4, -0.2) is 35.8 Å². The number of rotatable bonds is 7. The molecule has 1 aliphatic rings. The molecule has 1 heterocycles. The number of benzene rings is 1. The zero-order valence-electron chi connectivity index (χ0n) is 13.7. The van der Waals surface area contributed by atoms with E-state index in [1.165, 1.54) is 5.56 Å². The molecule has 0 saturated carbocycles. The Morgan fingerprint density at radius 3 is 2.32 bits per heavy atom. The van der Waals surface area contributed by atoms with Crippen molar-refractivity contribution in [3.63, 3.8) is 0 Å². The molecule has 1 aliphatic heterocycles. The van der Waals surface area contributed by atoms with Gasteiger partial charge in [0.1, 0.15) is 0 Å². The van der Waals surface area contributed by atoms with Crippen LogP contribution in [0.3, 0.4) is 0 Å². The van der Waals surface area contributed by atoms with Crippen LogP contribution in [0.15, 0.2) is 35.3 Å². The van der Waals surface area contributed by atoms with E-state index in [1.807, 2.05) is 45.9 Å². The first-order chi connectivity index (χ1) is 10.4. The molecule has 0 spiro atoms. The third-order valence-electron chi connectivity index (χ3n) is 3.83. The molecule has 0 saturated heterocycles. The minimum absolute atomic E-state index is 0.345. The van der Waals surface area contributed by atoms with Crippen molar-refractivity contribution < 1.29 is 13.6 Å². The Bertz CT molecular complexity index is 550. The van der Waals surface area contributed by atoms with E-state index in [-0.39, 0.29) is 0 Å². The molecule has 1 unspecified atom stereocenters. The highest BCUT2D eigenvalue weighted by Crippen LogP contribution is 2.59. The lowest BCUT2D eigenvalue weighted by Gasteiger charge is -2.37. The SMILES string of the molecule is CCOP(=O)(OCC)C1N=CN(Cc2ccccc2)C1(C)C. The van der Waals surface area contributed by atoms with Crippen molar-refractivity contribution in [3.8, 4) is 0 Å². The molecule has 22 heavy (non-hydrogen) atoms. The Morgan fingerprint density at radius 1 is 1.18 bits per heavy atom. The van der Waals surface area contributed by atoms with Gasteiger partial charge in [-0.2, -0.15) is 0 Å². The first kappa shape index (κ1) is 17.2. The molecule has 122 valence electrons. The maximum absolute atomic E-state index is 13.0. The van der Waals surface area contributed by atoms with E-state index in [9.17, 15) is 4.57 Å². The molecule has 1 atom stereocenters. The predicted octanol–water partition coefficient (Wildman–Crippen LogP) is 3.90. The number of hydrogen-bond acceptors (Lipinski definition) is 5. The van der Waals surface area contributed by atoms with Crippen LogP contribution in [0.5, 0.6) is 0 Å². The molecule has 0 N–H and O–H groups in total. The maximum Gasteiger partial charge on any atom is 0.357 e. The van der Waals surface area contributed by atoms with E-state index >= 15 is 0 Å². The van der Waals surface area contributed by atoms with Crippen LogP contribution >= 0.6 is 7.60 Å². The van der Waals surface area contributed by atoms with Gasteiger partial charge in [0.15, 0.2) is 5.78 Å². The van der Waals surface area contributed by atoms with Crippen LogP contribution in [0, 0.1) is 0 Å². The Labute approximate surface area is 132 Å². The summed E-state index contributed by atoms with van der Waals surface area (Å²) in [4.78, 5) is 6.56. The van der Waals surface area contributed by atoms with Gasteiger partial charge in [0.05, 0.1) is 25.1 Å². The van der Waals surface area contributed by atoms with Crippen LogP contribution in [0.4, 0.5) is 0 Å². The summed E-state index contributed by atoms with van der Waals surface area (Å²) < 4.78 is 24.0. The van der Waals surface area contributed by atoms with Gasteiger partial charge >= 0.3 is 7.60 Å². The lowest BCUT2D eigenvalue weighted by molar-refractivity contribution is 0.173. The minimum Gasteiger partial charge on any atom is -0.351 e. The van der Waals surface area contributed by atoms with E-state index in [0.29, 0.717) is 19.8 Å². The van der Waals surface area contributed by atoms with Gasteiger partial charge in [-0.25, -0.2) is 0 Å². The number of hydrogen-bond donors (Lipinski definition) is 0. The summed E-state index contributed by atoms with van der Waals surface area (Å²) in [5.41, 5.74) is 0.751. The van der Waals surface area contributed by atoms with Crippen LogP contribution in [0.2, 0.25) is 0 Å². The second-order valence-electron chi connectivity index (χ2n) is 5.78. The molecule has 0 radical (unpaired) electrons. The second-order valence-corrected chi connectivity index (χ2v) is 7.87. The third kappa shape index (κ3) is 3.43. The van der Waals surface area contributed by atoms with Gasteiger partial charge in [0, 0.05) is 6.54 Å². The molecule has 0 amide bonds. The van der Waals surface area contributed by atoms with Gasteiger partial charge in [-0.3, -0.25) is 9.56 Å². The smallest absolute Gasteiger partial charge is 0.351 e. The van der Waals surface area contributed by atoms with Crippen LogP contribution in [0.1, 0.15) is 33.3 Å². The van der Waals surface area contributed by atoms with Gasteiger partial charge in [0.2, 0.25) is 0 Å². The standard InChI is InChI=1S/C16H25N2O3P/c1-5-20-22(19,21-6-2)15-16(3,4)18(13-17-15)12-14-10-8-7-9-11-14/h7-11,13,15H,5-6,12H2,1-4H3. The van der Waals surface area contributed by atoms with Gasteiger partial charge in [0.25, 0.3) is 0 Å². The van der Waals surface area contributed by atoms with Crippen molar-refractivity contribution in [2.45, 2.75) is 45.6 Å². The fourth-order valence-electron chi connectivity index (χ4n) is 2.65. The maximum atomic E-state index is 13.0.